The maximum atomic E-state index is 12.9. The van der Waals surface area contributed by atoms with Crippen molar-refractivity contribution in [1.29, 1.82) is 0 Å². The lowest BCUT2D eigenvalue weighted by molar-refractivity contribution is -0.141. The van der Waals surface area contributed by atoms with E-state index in [4.69, 9.17) is 9.72 Å². The number of hydrogen-bond acceptors (Lipinski definition) is 5. The number of halogens is 3. The van der Waals surface area contributed by atoms with Gasteiger partial charge < -0.3 is 14.0 Å². The molecular formula is C26H24F3N5O3. The van der Waals surface area contributed by atoms with E-state index in [1.165, 1.54) is 16.7 Å². The number of pyridine rings is 3. The van der Waals surface area contributed by atoms with Gasteiger partial charge in [-0.1, -0.05) is 6.07 Å². The molecule has 0 aliphatic carbocycles. The van der Waals surface area contributed by atoms with E-state index in [0.29, 0.717) is 42.0 Å². The fourth-order valence-corrected chi connectivity index (χ4v) is 4.24. The Labute approximate surface area is 210 Å². The molecule has 0 atom stereocenters. The van der Waals surface area contributed by atoms with Crippen LogP contribution in [-0.2, 0) is 23.9 Å². The first kappa shape index (κ1) is 24.5. The first-order chi connectivity index (χ1) is 17.4. The van der Waals surface area contributed by atoms with Crippen LogP contribution in [-0.4, -0.2) is 42.1 Å². The molecule has 0 unspecified atom stereocenters. The first-order valence-corrected chi connectivity index (χ1v) is 11.6. The van der Waals surface area contributed by atoms with E-state index in [9.17, 15) is 22.8 Å². The van der Waals surface area contributed by atoms with Crippen molar-refractivity contribution in [2.75, 3.05) is 6.54 Å². The lowest BCUT2D eigenvalue weighted by Gasteiger charge is -2.29. The zero-order chi connectivity index (χ0) is 26.5. The van der Waals surface area contributed by atoms with Crippen LogP contribution in [0.5, 0.6) is 0 Å². The van der Waals surface area contributed by atoms with Crippen molar-refractivity contribution in [2.24, 2.45) is 0 Å². The van der Waals surface area contributed by atoms with Crippen molar-refractivity contribution in [1.82, 2.24) is 23.8 Å². The maximum absolute atomic E-state index is 12.9. The number of fused-ring (bicyclic) bond motifs is 3. The normalized spacial score (nSPS) is 14.1. The molecule has 192 valence electrons. The lowest BCUT2D eigenvalue weighted by Crippen LogP contribution is -2.40. The highest BCUT2D eigenvalue weighted by molar-refractivity contribution is 5.69. The molecule has 0 spiro atoms. The van der Waals surface area contributed by atoms with Crippen LogP contribution < -0.4 is 5.56 Å². The summed E-state index contributed by atoms with van der Waals surface area (Å²) >= 11 is 0. The Hall–Kier alpha value is -4.15. The van der Waals surface area contributed by atoms with Crippen molar-refractivity contribution in [3.63, 3.8) is 0 Å². The van der Waals surface area contributed by atoms with Gasteiger partial charge in [-0.3, -0.25) is 14.3 Å². The molecule has 0 fully saturated rings. The van der Waals surface area contributed by atoms with E-state index in [0.717, 1.165) is 23.7 Å². The summed E-state index contributed by atoms with van der Waals surface area (Å²) < 4.78 is 47.2. The molecule has 37 heavy (non-hydrogen) atoms. The molecule has 1 aliphatic rings. The third kappa shape index (κ3) is 4.93. The average Bonchev–Trinajstić information content (AvgIpc) is 3.19. The number of ether oxygens (including phenoxy) is 1. The van der Waals surface area contributed by atoms with Gasteiger partial charge in [0.15, 0.2) is 0 Å². The number of hydrogen-bond donors (Lipinski definition) is 0. The van der Waals surface area contributed by atoms with E-state index in [2.05, 4.69) is 4.98 Å². The summed E-state index contributed by atoms with van der Waals surface area (Å²) in [6.07, 6.45) is 0.148. The van der Waals surface area contributed by atoms with Crippen molar-refractivity contribution >= 4 is 11.7 Å². The molecule has 5 heterocycles. The highest BCUT2D eigenvalue weighted by Crippen LogP contribution is 2.29. The van der Waals surface area contributed by atoms with Gasteiger partial charge in [-0.2, -0.15) is 13.2 Å². The van der Waals surface area contributed by atoms with E-state index in [1.807, 2.05) is 25.2 Å². The van der Waals surface area contributed by atoms with Crippen molar-refractivity contribution in [3.05, 3.63) is 82.4 Å². The number of alkyl halides is 3. The number of carbonyl (C=O) groups excluding carboxylic acids is 1. The molecule has 4 aromatic rings. The summed E-state index contributed by atoms with van der Waals surface area (Å²) in [5, 5.41) is 0. The van der Waals surface area contributed by atoms with Crippen molar-refractivity contribution in [3.8, 4) is 16.8 Å². The Kier molecular flexibility index (Phi) is 5.81. The molecule has 4 aromatic heterocycles. The molecule has 1 aliphatic heterocycles. The highest BCUT2D eigenvalue weighted by atomic mass is 19.4. The SMILES string of the molecule is CC(C)(C)OC(=O)N1CCc2nc3cc(-n4ccc(-c5ccc(C(F)(F)F)nc5)cc4=O)ccn3c2C1. The maximum Gasteiger partial charge on any atom is 0.433 e. The Morgan fingerprint density at radius 1 is 1.03 bits per heavy atom. The fraction of sp³-hybridized carbons (Fsp3) is 0.308. The van der Waals surface area contributed by atoms with Gasteiger partial charge in [-0.15, -0.1) is 0 Å². The zero-order valence-electron chi connectivity index (χ0n) is 20.4. The standard InChI is InChI=1S/C26H24F3N5O3/c1-25(2,3)37-24(36)32-9-8-19-20(15-32)34-11-7-18(13-22(34)31-19)33-10-6-16(12-23(33)35)17-4-5-21(30-14-17)26(27,28)29/h4-7,10-14H,8-9,15H2,1-3H3. The fourth-order valence-electron chi connectivity index (χ4n) is 4.24. The van der Waals surface area contributed by atoms with Gasteiger partial charge in [0.2, 0.25) is 0 Å². The van der Waals surface area contributed by atoms with Crippen molar-refractivity contribution in [2.45, 2.75) is 45.5 Å². The van der Waals surface area contributed by atoms with Gasteiger partial charge in [0.1, 0.15) is 16.9 Å². The summed E-state index contributed by atoms with van der Waals surface area (Å²) in [5.41, 5.74) is 1.93. The predicted octanol–water partition coefficient (Wildman–Crippen LogP) is 4.86. The van der Waals surface area contributed by atoms with E-state index in [-0.39, 0.29) is 11.7 Å². The molecule has 0 radical (unpaired) electrons. The number of nitrogens with zero attached hydrogens (tertiary/aromatic N) is 5. The van der Waals surface area contributed by atoms with Gasteiger partial charge in [0.25, 0.3) is 5.56 Å². The third-order valence-corrected chi connectivity index (χ3v) is 5.99. The topological polar surface area (TPSA) is 81.7 Å². The van der Waals surface area contributed by atoms with Gasteiger partial charge >= 0.3 is 12.3 Å². The molecule has 8 nitrogen and oxygen atoms in total. The van der Waals surface area contributed by atoms with Crippen molar-refractivity contribution < 1.29 is 22.7 Å². The second-order valence-electron chi connectivity index (χ2n) is 9.82. The van der Waals surface area contributed by atoms with Crippen LogP contribution in [0.1, 0.15) is 37.9 Å². The number of carbonyl (C=O) groups is 1. The molecule has 0 N–H and O–H groups in total. The molecule has 0 saturated heterocycles. The van der Waals surface area contributed by atoms with Crippen LogP contribution in [0.3, 0.4) is 0 Å². The summed E-state index contributed by atoms with van der Waals surface area (Å²) in [4.78, 5) is 35.2. The Morgan fingerprint density at radius 2 is 1.81 bits per heavy atom. The van der Waals surface area contributed by atoms with Crippen LogP contribution >= 0.6 is 0 Å². The second-order valence-corrected chi connectivity index (χ2v) is 9.82. The molecule has 0 saturated carbocycles. The summed E-state index contributed by atoms with van der Waals surface area (Å²) in [5.74, 6) is 0. The zero-order valence-corrected chi connectivity index (χ0v) is 20.4. The number of aromatic nitrogens is 4. The lowest BCUT2D eigenvalue weighted by atomic mass is 10.1. The highest BCUT2D eigenvalue weighted by Gasteiger charge is 2.32. The molecule has 5 rings (SSSR count). The molecule has 1 amide bonds. The molecular weight excluding hydrogens is 487 g/mol. The van der Waals surface area contributed by atoms with Gasteiger partial charge in [-0.25, -0.2) is 9.78 Å². The van der Waals surface area contributed by atoms with Crippen LogP contribution in [0, 0.1) is 0 Å². The minimum Gasteiger partial charge on any atom is -0.444 e. The van der Waals surface area contributed by atoms with Crippen LogP contribution in [0.25, 0.3) is 22.5 Å². The average molecular weight is 512 g/mol. The summed E-state index contributed by atoms with van der Waals surface area (Å²) in [6, 6.07) is 8.71. The van der Waals surface area contributed by atoms with Crippen LogP contribution in [0.4, 0.5) is 18.0 Å². The minimum absolute atomic E-state index is 0.353. The molecule has 0 aromatic carbocycles. The largest absolute Gasteiger partial charge is 0.444 e. The van der Waals surface area contributed by atoms with Crippen LogP contribution in [0.2, 0.25) is 0 Å². The number of imidazole rings is 1. The Morgan fingerprint density at radius 3 is 2.46 bits per heavy atom. The van der Waals surface area contributed by atoms with E-state index >= 15 is 0 Å². The number of amides is 1. The van der Waals surface area contributed by atoms with E-state index in [1.54, 1.807) is 35.5 Å². The molecule has 11 heteroatoms. The van der Waals surface area contributed by atoms with Gasteiger partial charge in [-0.05, 0) is 44.5 Å². The van der Waals surface area contributed by atoms with Gasteiger partial charge in [0.05, 0.1) is 23.6 Å². The minimum atomic E-state index is -4.53. The third-order valence-electron chi connectivity index (χ3n) is 5.99. The quantitative estimate of drug-likeness (QED) is 0.384. The second kappa shape index (κ2) is 8.75. The number of rotatable bonds is 2. The predicted molar refractivity (Wildman–Crippen MR) is 129 cm³/mol. The molecule has 0 bridgehead atoms. The first-order valence-electron chi connectivity index (χ1n) is 11.6. The summed E-state index contributed by atoms with van der Waals surface area (Å²) in [7, 11) is 0. The monoisotopic (exact) mass is 511 g/mol. The van der Waals surface area contributed by atoms with E-state index < -0.39 is 17.5 Å². The van der Waals surface area contributed by atoms with Crippen LogP contribution in [0.15, 0.2) is 59.8 Å². The summed E-state index contributed by atoms with van der Waals surface area (Å²) in [6.45, 7) is 6.33. The smallest absolute Gasteiger partial charge is 0.433 e. The van der Waals surface area contributed by atoms with Gasteiger partial charge in [0, 0.05) is 49.3 Å². The Balaban J connectivity index is 1.41. The Bertz CT molecular complexity index is 1550.